The number of carbonyl (C=O) groups excluding carboxylic acids is 1. The lowest BCUT2D eigenvalue weighted by molar-refractivity contribution is -0.147. The van der Waals surface area contributed by atoms with Gasteiger partial charge in [0.05, 0.1) is 5.25 Å². The zero-order valence-electron chi connectivity index (χ0n) is 11.3. The van der Waals surface area contributed by atoms with E-state index in [-0.39, 0.29) is 10.7 Å². The Kier molecular flexibility index (Phi) is 2.81. The molecule has 0 unspecified atom stereocenters. The van der Waals surface area contributed by atoms with E-state index in [2.05, 4.69) is 45.0 Å². The Morgan fingerprint density at radius 1 is 1.17 bits per heavy atom. The van der Waals surface area contributed by atoms with E-state index in [4.69, 9.17) is 0 Å². The van der Waals surface area contributed by atoms with Crippen LogP contribution in [0.1, 0.15) is 32.3 Å². The number of hydrogen-bond acceptors (Lipinski definition) is 2. The van der Waals surface area contributed by atoms with Gasteiger partial charge in [-0.25, -0.2) is 0 Å². The molecule has 2 bridgehead atoms. The fourth-order valence-corrected chi connectivity index (χ4v) is 4.62. The van der Waals surface area contributed by atoms with Crippen LogP contribution < -0.4 is 0 Å². The Bertz CT molecular complexity index is 474. The number of Topliss-reactive ketones (excluding diaryl/α,β-unsaturated/α-hetero) is 1. The molecule has 0 aromatic heterocycles. The van der Waals surface area contributed by atoms with Crippen molar-refractivity contribution in [2.45, 2.75) is 43.8 Å². The zero-order chi connectivity index (χ0) is 12.9. The van der Waals surface area contributed by atoms with Gasteiger partial charge in [0.15, 0.2) is 0 Å². The van der Waals surface area contributed by atoms with E-state index in [0.29, 0.717) is 11.7 Å². The summed E-state index contributed by atoms with van der Waals surface area (Å²) in [6, 6.07) is 8.53. The van der Waals surface area contributed by atoms with E-state index < -0.39 is 0 Å². The van der Waals surface area contributed by atoms with Crippen molar-refractivity contribution in [1.29, 1.82) is 0 Å². The van der Waals surface area contributed by atoms with Gasteiger partial charge in [-0.05, 0) is 43.2 Å². The highest BCUT2D eigenvalue weighted by molar-refractivity contribution is 8.00. The molecule has 0 heterocycles. The topological polar surface area (TPSA) is 17.1 Å². The monoisotopic (exact) mass is 260 g/mol. The molecule has 3 atom stereocenters. The van der Waals surface area contributed by atoms with E-state index in [9.17, 15) is 4.79 Å². The summed E-state index contributed by atoms with van der Waals surface area (Å²) in [7, 11) is 0. The van der Waals surface area contributed by atoms with Gasteiger partial charge < -0.3 is 0 Å². The lowest BCUT2D eigenvalue weighted by Crippen LogP contribution is -2.57. The quantitative estimate of drug-likeness (QED) is 0.796. The van der Waals surface area contributed by atoms with E-state index >= 15 is 0 Å². The molecular weight excluding hydrogens is 240 g/mol. The Morgan fingerprint density at radius 2 is 1.83 bits per heavy atom. The van der Waals surface area contributed by atoms with Crippen LogP contribution in [0.25, 0.3) is 0 Å². The summed E-state index contributed by atoms with van der Waals surface area (Å²) in [4.78, 5) is 13.7. The van der Waals surface area contributed by atoms with Gasteiger partial charge >= 0.3 is 0 Å². The SMILES string of the molecule is Cc1ccc(S[C@H]2C[C@H]3C[C@@H](C2=O)C3(C)C)cc1. The molecule has 0 aliphatic heterocycles. The first kappa shape index (κ1) is 12.3. The molecule has 1 aromatic rings. The van der Waals surface area contributed by atoms with Crippen LogP contribution in [0.15, 0.2) is 29.2 Å². The molecule has 3 aliphatic rings. The normalized spacial score (nSPS) is 33.1. The first-order chi connectivity index (χ1) is 8.48. The average molecular weight is 260 g/mol. The third kappa shape index (κ3) is 1.82. The first-order valence-electron chi connectivity index (χ1n) is 6.75. The molecular formula is C16H20OS. The Morgan fingerprint density at radius 3 is 2.39 bits per heavy atom. The number of rotatable bonds is 2. The van der Waals surface area contributed by atoms with Crippen molar-refractivity contribution in [2.75, 3.05) is 0 Å². The first-order valence-corrected chi connectivity index (χ1v) is 7.63. The summed E-state index contributed by atoms with van der Waals surface area (Å²) < 4.78 is 0. The van der Waals surface area contributed by atoms with E-state index in [1.165, 1.54) is 10.5 Å². The molecule has 0 amide bonds. The van der Waals surface area contributed by atoms with E-state index in [0.717, 1.165) is 18.8 Å². The molecule has 18 heavy (non-hydrogen) atoms. The fraction of sp³-hybridized carbons (Fsp3) is 0.562. The van der Waals surface area contributed by atoms with Crippen molar-refractivity contribution in [2.24, 2.45) is 17.3 Å². The van der Waals surface area contributed by atoms with Gasteiger partial charge in [0, 0.05) is 10.8 Å². The number of thioether (sulfide) groups is 1. The largest absolute Gasteiger partial charge is 0.298 e. The van der Waals surface area contributed by atoms with Gasteiger partial charge in [-0.2, -0.15) is 0 Å². The number of benzene rings is 1. The third-order valence-electron chi connectivity index (χ3n) is 4.93. The summed E-state index contributed by atoms with van der Waals surface area (Å²) in [5.74, 6) is 1.57. The van der Waals surface area contributed by atoms with Crippen molar-refractivity contribution >= 4 is 17.5 Å². The van der Waals surface area contributed by atoms with Crippen LogP contribution >= 0.6 is 11.8 Å². The highest BCUT2D eigenvalue weighted by atomic mass is 32.2. The molecule has 3 aliphatic carbocycles. The molecule has 3 fully saturated rings. The molecule has 0 radical (unpaired) electrons. The van der Waals surface area contributed by atoms with Crippen LogP contribution in [0.4, 0.5) is 0 Å². The van der Waals surface area contributed by atoms with Crippen molar-refractivity contribution in [3.8, 4) is 0 Å². The van der Waals surface area contributed by atoms with Crippen molar-refractivity contribution in [1.82, 2.24) is 0 Å². The van der Waals surface area contributed by atoms with Crippen molar-refractivity contribution in [3.05, 3.63) is 29.8 Å². The summed E-state index contributed by atoms with van der Waals surface area (Å²) in [6.45, 7) is 6.62. The van der Waals surface area contributed by atoms with Crippen LogP contribution in [0.3, 0.4) is 0 Å². The predicted molar refractivity (Wildman–Crippen MR) is 75.8 cm³/mol. The Hall–Kier alpha value is -0.760. The minimum atomic E-state index is 0.199. The molecule has 1 nitrogen and oxygen atoms in total. The smallest absolute Gasteiger partial charge is 0.149 e. The fourth-order valence-electron chi connectivity index (χ4n) is 3.39. The third-order valence-corrected chi connectivity index (χ3v) is 6.18. The highest BCUT2D eigenvalue weighted by Crippen LogP contribution is 2.59. The molecule has 96 valence electrons. The second-order valence-corrected chi connectivity index (χ2v) is 7.64. The number of fused-ring (bicyclic) bond motifs is 2. The second-order valence-electron chi connectivity index (χ2n) is 6.36. The number of ketones is 1. The zero-order valence-corrected chi connectivity index (χ0v) is 12.1. The molecule has 4 rings (SSSR count). The molecule has 0 N–H and O–H groups in total. The lowest BCUT2D eigenvalue weighted by Gasteiger charge is -2.57. The maximum absolute atomic E-state index is 12.4. The molecule has 0 saturated heterocycles. The summed E-state index contributed by atoms with van der Waals surface area (Å²) in [5.41, 5.74) is 1.54. The highest BCUT2D eigenvalue weighted by Gasteiger charge is 2.57. The predicted octanol–water partition coefficient (Wildman–Crippen LogP) is 4.09. The second kappa shape index (κ2) is 4.12. The van der Waals surface area contributed by atoms with Gasteiger partial charge in [-0.1, -0.05) is 31.5 Å². The molecule has 2 heteroatoms. The van der Waals surface area contributed by atoms with E-state index in [1.807, 2.05) is 0 Å². The van der Waals surface area contributed by atoms with Gasteiger partial charge in [0.25, 0.3) is 0 Å². The molecule has 1 aromatic carbocycles. The number of carbonyl (C=O) groups is 1. The van der Waals surface area contributed by atoms with Crippen LogP contribution in [-0.4, -0.2) is 11.0 Å². The van der Waals surface area contributed by atoms with Crippen molar-refractivity contribution in [3.63, 3.8) is 0 Å². The van der Waals surface area contributed by atoms with Crippen LogP contribution in [0.5, 0.6) is 0 Å². The maximum Gasteiger partial charge on any atom is 0.149 e. The minimum absolute atomic E-state index is 0.199. The van der Waals surface area contributed by atoms with Gasteiger partial charge in [-0.3, -0.25) is 4.79 Å². The van der Waals surface area contributed by atoms with Crippen LogP contribution in [0, 0.1) is 24.2 Å². The Labute approximate surface area is 113 Å². The standard InChI is InChI=1S/C16H20OS/c1-10-4-6-12(7-5-10)18-14-9-11-8-13(15(14)17)16(11,2)3/h4-7,11,13-14H,8-9H2,1-3H3/t11-,13+,14+/m1/s1. The molecule has 0 spiro atoms. The molecule has 3 saturated carbocycles. The minimum Gasteiger partial charge on any atom is -0.298 e. The number of aryl methyl sites for hydroxylation is 1. The summed E-state index contributed by atoms with van der Waals surface area (Å²) in [5, 5.41) is 0.199. The van der Waals surface area contributed by atoms with Gasteiger partial charge in [0.2, 0.25) is 0 Å². The summed E-state index contributed by atoms with van der Waals surface area (Å²) in [6.07, 6.45) is 2.21. The van der Waals surface area contributed by atoms with Crippen LogP contribution in [0.2, 0.25) is 0 Å². The summed E-state index contributed by atoms with van der Waals surface area (Å²) >= 11 is 1.77. The van der Waals surface area contributed by atoms with Crippen molar-refractivity contribution < 1.29 is 4.79 Å². The Balaban J connectivity index is 1.72. The van der Waals surface area contributed by atoms with Gasteiger partial charge in [0.1, 0.15) is 5.78 Å². The maximum atomic E-state index is 12.4. The van der Waals surface area contributed by atoms with Crippen LogP contribution in [-0.2, 0) is 4.79 Å². The average Bonchev–Trinajstić information content (AvgIpc) is 2.33. The van der Waals surface area contributed by atoms with E-state index in [1.54, 1.807) is 11.8 Å². The lowest BCUT2D eigenvalue weighted by atomic mass is 9.48. The van der Waals surface area contributed by atoms with Gasteiger partial charge in [-0.15, -0.1) is 11.8 Å². The number of hydrogen-bond donors (Lipinski definition) is 0.